The molecule has 0 bridgehead atoms. The average Bonchev–Trinajstić information content (AvgIpc) is 2.32. The van der Waals surface area contributed by atoms with Crippen molar-refractivity contribution >= 4 is 11.9 Å². The molecule has 1 amide bonds. The number of carbonyl (C=O) groups is 2. The molecule has 0 aliphatic carbocycles. The number of hydrogen-bond donors (Lipinski definition) is 2. The van der Waals surface area contributed by atoms with Crippen LogP contribution in [0.1, 0.15) is 30.1 Å². The zero-order chi connectivity index (χ0) is 15.3. The van der Waals surface area contributed by atoms with Crippen molar-refractivity contribution in [1.82, 2.24) is 15.3 Å². The van der Waals surface area contributed by atoms with Crippen LogP contribution in [0.5, 0.6) is 0 Å². The van der Waals surface area contributed by atoms with E-state index in [1.54, 1.807) is 0 Å². The van der Waals surface area contributed by atoms with Crippen molar-refractivity contribution in [3.05, 3.63) is 23.3 Å². The Labute approximate surface area is 112 Å². The number of alkyl halides is 3. The molecule has 0 saturated heterocycles. The number of nitrogens with zero attached hydrogens (tertiary/aromatic N) is 2. The first-order valence-electron chi connectivity index (χ1n) is 5.58. The molecule has 110 valence electrons. The summed E-state index contributed by atoms with van der Waals surface area (Å²) in [6.45, 7) is 1.09. The molecule has 0 fully saturated rings. The Kier molecular flexibility index (Phi) is 5.00. The molecule has 0 unspecified atom stereocenters. The van der Waals surface area contributed by atoms with Gasteiger partial charge in [0.25, 0.3) is 0 Å². The topological polar surface area (TPSA) is 92.2 Å². The van der Waals surface area contributed by atoms with Gasteiger partial charge in [0.05, 0.1) is 13.0 Å². The molecule has 0 aliphatic heterocycles. The van der Waals surface area contributed by atoms with Crippen molar-refractivity contribution < 1.29 is 27.9 Å². The number of aliphatic carboxylic acids is 1. The maximum atomic E-state index is 12.5. The summed E-state index contributed by atoms with van der Waals surface area (Å²) in [5.74, 6) is -1.90. The predicted molar refractivity (Wildman–Crippen MR) is 60.5 cm³/mol. The van der Waals surface area contributed by atoms with E-state index in [4.69, 9.17) is 5.11 Å². The monoisotopic (exact) mass is 291 g/mol. The van der Waals surface area contributed by atoms with Gasteiger partial charge in [-0.1, -0.05) is 0 Å². The van der Waals surface area contributed by atoms with Crippen molar-refractivity contribution in [2.45, 2.75) is 32.5 Å². The minimum Gasteiger partial charge on any atom is -0.481 e. The largest absolute Gasteiger partial charge is 0.481 e. The minimum absolute atomic E-state index is 0.127. The van der Waals surface area contributed by atoms with Crippen LogP contribution in [0.3, 0.4) is 0 Å². The highest BCUT2D eigenvalue weighted by atomic mass is 19.4. The van der Waals surface area contributed by atoms with E-state index in [0.29, 0.717) is 0 Å². The molecule has 0 aromatic carbocycles. The number of aromatic nitrogens is 2. The lowest BCUT2D eigenvalue weighted by Gasteiger charge is -2.09. The second-order valence-electron chi connectivity index (χ2n) is 3.98. The third-order valence-corrected chi connectivity index (χ3v) is 2.20. The Hall–Kier alpha value is -2.19. The van der Waals surface area contributed by atoms with Crippen molar-refractivity contribution in [2.75, 3.05) is 0 Å². The number of aryl methyl sites for hydroxylation is 1. The van der Waals surface area contributed by atoms with Crippen LogP contribution in [0.2, 0.25) is 0 Å². The number of rotatable bonds is 5. The van der Waals surface area contributed by atoms with E-state index in [-0.39, 0.29) is 30.9 Å². The number of amides is 1. The molecule has 0 aliphatic rings. The van der Waals surface area contributed by atoms with Gasteiger partial charge in [0, 0.05) is 12.1 Å². The smallest absolute Gasteiger partial charge is 0.433 e. The molecular formula is C11H12F3N3O3. The molecule has 6 nitrogen and oxygen atoms in total. The molecule has 1 aromatic heterocycles. The van der Waals surface area contributed by atoms with Crippen molar-refractivity contribution in [3.8, 4) is 0 Å². The average molecular weight is 291 g/mol. The van der Waals surface area contributed by atoms with Gasteiger partial charge < -0.3 is 10.4 Å². The van der Waals surface area contributed by atoms with Gasteiger partial charge in [-0.2, -0.15) is 13.2 Å². The first-order chi connectivity index (χ1) is 9.18. The number of carboxylic acid groups (broad SMARTS) is 1. The fraction of sp³-hybridized carbons (Fsp3) is 0.455. The van der Waals surface area contributed by atoms with Gasteiger partial charge in [0.2, 0.25) is 5.91 Å². The van der Waals surface area contributed by atoms with E-state index in [1.165, 1.54) is 6.92 Å². The van der Waals surface area contributed by atoms with Crippen LogP contribution in [-0.4, -0.2) is 27.0 Å². The molecular weight excluding hydrogens is 279 g/mol. The van der Waals surface area contributed by atoms with Crippen LogP contribution in [0.15, 0.2) is 6.07 Å². The third-order valence-electron chi connectivity index (χ3n) is 2.20. The summed E-state index contributed by atoms with van der Waals surface area (Å²) in [5, 5.41) is 10.6. The van der Waals surface area contributed by atoms with Gasteiger partial charge in [-0.25, -0.2) is 9.97 Å². The number of halogens is 3. The molecule has 1 rings (SSSR count). The van der Waals surface area contributed by atoms with Gasteiger partial charge in [0.15, 0.2) is 0 Å². The van der Waals surface area contributed by atoms with Crippen molar-refractivity contribution in [1.29, 1.82) is 0 Å². The Morgan fingerprint density at radius 2 is 1.95 bits per heavy atom. The Bertz CT molecular complexity index is 517. The highest BCUT2D eigenvalue weighted by molar-refractivity contribution is 5.80. The van der Waals surface area contributed by atoms with E-state index in [2.05, 4.69) is 15.3 Å². The summed E-state index contributed by atoms with van der Waals surface area (Å²) < 4.78 is 37.5. The zero-order valence-corrected chi connectivity index (χ0v) is 10.5. The normalized spacial score (nSPS) is 11.2. The SMILES string of the molecule is Cc1cc(C(F)(F)F)nc(CNC(=O)CCC(=O)O)n1. The minimum atomic E-state index is -4.59. The molecule has 2 N–H and O–H groups in total. The summed E-state index contributed by atoms with van der Waals surface area (Å²) in [7, 11) is 0. The molecule has 20 heavy (non-hydrogen) atoms. The molecule has 0 atom stereocenters. The second-order valence-corrected chi connectivity index (χ2v) is 3.98. The zero-order valence-electron chi connectivity index (χ0n) is 10.5. The van der Waals surface area contributed by atoms with Gasteiger partial charge in [-0.15, -0.1) is 0 Å². The number of carboxylic acids is 1. The van der Waals surface area contributed by atoms with Crippen LogP contribution < -0.4 is 5.32 Å². The van der Waals surface area contributed by atoms with E-state index in [1.807, 2.05) is 0 Å². The summed E-state index contributed by atoms with van der Waals surface area (Å²) in [6, 6.07) is 0.801. The fourth-order valence-corrected chi connectivity index (χ4v) is 1.34. The second kappa shape index (κ2) is 6.31. The Balaban J connectivity index is 2.67. The van der Waals surface area contributed by atoms with Crippen LogP contribution in [0, 0.1) is 6.92 Å². The maximum absolute atomic E-state index is 12.5. The number of hydrogen-bond acceptors (Lipinski definition) is 4. The molecule has 0 spiro atoms. The van der Waals surface area contributed by atoms with Crippen LogP contribution in [0.4, 0.5) is 13.2 Å². The summed E-state index contributed by atoms with van der Waals surface area (Å²) in [4.78, 5) is 28.6. The van der Waals surface area contributed by atoms with E-state index in [0.717, 1.165) is 6.07 Å². The molecule has 0 radical (unpaired) electrons. The highest BCUT2D eigenvalue weighted by Crippen LogP contribution is 2.27. The van der Waals surface area contributed by atoms with Crippen LogP contribution >= 0.6 is 0 Å². The van der Waals surface area contributed by atoms with Crippen LogP contribution in [0.25, 0.3) is 0 Å². The molecule has 9 heteroatoms. The third kappa shape index (κ3) is 5.21. The Morgan fingerprint density at radius 1 is 1.30 bits per heavy atom. The summed E-state index contributed by atoms with van der Waals surface area (Å²) in [5.41, 5.74) is -0.957. The first kappa shape index (κ1) is 15.9. The van der Waals surface area contributed by atoms with E-state index >= 15 is 0 Å². The van der Waals surface area contributed by atoms with Gasteiger partial charge in [-0.05, 0) is 13.0 Å². The fourth-order valence-electron chi connectivity index (χ4n) is 1.34. The number of nitrogens with one attached hydrogen (secondary N) is 1. The first-order valence-corrected chi connectivity index (χ1v) is 5.58. The molecule has 1 heterocycles. The highest BCUT2D eigenvalue weighted by Gasteiger charge is 2.33. The van der Waals surface area contributed by atoms with Gasteiger partial charge in [-0.3, -0.25) is 9.59 Å². The van der Waals surface area contributed by atoms with E-state index < -0.39 is 23.7 Å². The molecule has 1 aromatic rings. The predicted octanol–water partition coefficient (Wildman–Crippen LogP) is 1.28. The lowest BCUT2D eigenvalue weighted by molar-refractivity contribution is -0.141. The van der Waals surface area contributed by atoms with E-state index in [9.17, 15) is 22.8 Å². The van der Waals surface area contributed by atoms with Crippen molar-refractivity contribution in [3.63, 3.8) is 0 Å². The maximum Gasteiger partial charge on any atom is 0.433 e. The standard InChI is InChI=1S/C11H12F3N3O3/c1-6-4-7(11(12,13)14)17-8(16-6)5-15-9(18)2-3-10(19)20/h4H,2-3,5H2,1H3,(H,15,18)(H,19,20). The van der Waals surface area contributed by atoms with Gasteiger partial charge in [0.1, 0.15) is 11.5 Å². The quantitative estimate of drug-likeness (QED) is 0.852. The lowest BCUT2D eigenvalue weighted by Crippen LogP contribution is -2.25. The molecule has 0 saturated carbocycles. The van der Waals surface area contributed by atoms with Crippen LogP contribution in [-0.2, 0) is 22.3 Å². The summed E-state index contributed by atoms with van der Waals surface area (Å²) >= 11 is 0. The van der Waals surface area contributed by atoms with Gasteiger partial charge >= 0.3 is 12.1 Å². The Morgan fingerprint density at radius 3 is 2.50 bits per heavy atom. The van der Waals surface area contributed by atoms with Crippen molar-refractivity contribution in [2.24, 2.45) is 0 Å². The number of carbonyl (C=O) groups excluding carboxylic acids is 1. The summed E-state index contributed by atoms with van der Waals surface area (Å²) in [6.07, 6.45) is -5.20. The lowest BCUT2D eigenvalue weighted by atomic mass is 10.3.